The molecule has 0 unspecified atom stereocenters. The number of benzene rings is 1. The van der Waals surface area contributed by atoms with Gasteiger partial charge in [-0.2, -0.15) is 5.26 Å². The Morgan fingerprint density at radius 3 is 2.38 bits per heavy atom. The Balaban J connectivity index is 1.60. The molecule has 0 bridgehead atoms. The highest BCUT2D eigenvalue weighted by atomic mass is 16.7. The fraction of sp³-hybridized carbons (Fsp3) is 0.611. The van der Waals surface area contributed by atoms with Crippen LogP contribution in [-0.2, 0) is 5.41 Å². The summed E-state index contributed by atoms with van der Waals surface area (Å²) >= 11 is 0. The van der Waals surface area contributed by atoms with Gasteiger partial charge in [-0.3, -0.25) is 0 Å². The quantitative estimate of drug-likeness (QED) is 0.771. The van der Waals surface area contributed by atoms with Gasteiger partial charge in [0.05, 0.1) is 11.5 Å². The van der Waals surface area contributed by atoms with E-state index in [1.54, 1.807) is 0 Å². The summed E-state index contributed by atoms with van der Waals surface area (Å²) in [5, 5.41) is 9.80. The highest BCUT2D eigenvalue weighted by Gasteiger charge is 2.55. The molecule has 0 atom stereocenters. The predicted molar refractivity (Wildman–Crippen MR) is 79.2 cm³/mol. The lowest BCUT2D eigenvalue weighted by Gasteiger charge is -2.53. The van der Waals surface area contributed by atoms with Gasteiger partial charge in [-0.15, -0.1) is 0 Å². The van der Waals surface area contributed by atoms with Crippen molar-refractivity contribution < 1.29 is 9.47 Å². The van der Waals surface area contributed by atoms with Gasteiger partial charge in [0.1, 0.15) is 0 Å². The van der Waals surface area contributed by atoms with Gasteiger partial charge in [0.15, 0.2) is 11.5 Å². The molecule has 1 aromatic carbocycles. The summed E-state index contributed by atoms with van der Waals surface area (Å²) in [5.41, 5.74) is 1.25. The van der Waals surface area contributed by atoms with Crippen LogP contribution in [0.25, 0.3) is 0 Å². The highest BCUT2D eigenvalue weighted by Crippen LogP contribution is 2.61. The third kappa shape index (κ3) is 2.00. The van der Waals surface area contributed by atoms with E-state index >= 15 is 0 Å². The number of hydrogen-bond acceptors (Lipinski definition) is 3. The predicted octanol–water partition coefficient (Wildman–Crippen LogP) is 4.31. The van der Waals surface area contributed by atoms with E-state index in [2.05, 4.69) is 12.1 Å². The van der Waals surface area contributed by atoms with Gasteiger partial charge in [0.2, 0.25) is 6.79 Å². The molecular weight excluding hydrogens is 262 g/mol. The summed E-state index contributed by atoms with van der Waals surface area (Å²) in [7, 11) is 0. The molecule has 2 aliphatic carbocycles. The Morgan fingerprint density at radius 2 is 1.67 bits per heavy atom. The second-order valence-corrected chi connectivity index (χ2v) is 7.03. The van der Waals surface area contributed by atoms with Crippen LogP contribution in [0.3, 0.4) is 0 Å². The summed E-state index contributed by atoms with van der Waals surface area (Å²) in [5.74, 6) is 1.60. The van der Waals surface area contributed by atoms with Gasteiger partial charge < -0.3 is 9.47 Å². The maximum Gasteiger partial charge on any atom is 0.231 e. The molecule has 3 nitrogen and oxygen atoms in total. The van der Waals surface area contributed by atoms with E-state index in [-0.39, 0.29) is 5.41 Å². The zero-order valence-corrected chi connectivity index (χ0v) is 12.4. The Morgan fingerprint density at radius 1 is 0.952 bits per heavy atom. The molecule has 1 heterocycles. The van der Waals surface area contributed by atoms with Crippen molar-refractivity contribution in [2.75, 3.05) is 6.79 Å². The summed E-state index contributed by atoms with van der Waals surface area (Å²) in [6.45, 7) is 0.294. The largest absolute Gasteiger partial charge is 0.454 e. The minimum absolute atomic E-state index is 0.294. The molecule has 2 fully saturated rings. The minimum atomic E-state index is -0.300. The van der Waals surface area contributed by atoms with Gasteiger partial charge in [-0.1, -0.05) is 31.7 Å². The highest BCUT2D eigenvalue weighted by molar-refractivity contribution is 5.49. The summed E-state index contributed by atoms with van der Waals surface area (Å²) in [6, 6.07) is 8.65. The van der Waals surface area contributed by atoms with Crippen LogP contribution in [0.5, 0.6) is 11.5 Å². The van der Waals surface area contributed by atoms with E-state index in [0.717, 1.165) is 29.9 Å². The van der Waals surface area contributed by atoms with Crippen molar-refractivity contribution in [3.63, 3.8) is 0 Å². The Kier molecular flexibility index (Phi) is 2.89. The number of nitriles is 1. The van der Waals surface area contributed by atoms with Crippen molar-refractivity contribution in [1.82, 2.24) is 0 Å². The molecule has 0 saturated heterocycles. The maximum atomic E-state index is 9.80. The first kappa shape index (κ1) is 13.0. The van der Waals surface area contributed by atoms with Crippen molar-refractivity contribution in [3.8, 4) is 17.6 Å². The molecule has 4 rings (SSSR count). The van der Waals surface area contributed by atoms with Gasteiger partial charge in [-0.25, -0.2) is 0 Å². The Bertz CT molecular complexity index is 586. The lowest BCUT2D eigenvalue weighted by Crippen LogP contribution is -2.48. The van der Waals surface area contributed by atoms with E-state index in [1.807, 2.05) is 12.1 Å². The number of fused-ring (bicyclic) bond motifs is 1. The molecule has 1 spiro atoms. The first-order chi connectivity index (χ1) is 10.3. The van der Waals surface area contributed by atoms with Crippen LogP contribution >= 0.6 is 0 Å². The van der Waals surface area contributed by atoms with Crippen molar-refractivity contribution in [3.05, 3.63) is 23.8 Å². The van der Waals surface area contributed by atoms with E-state index in [4.69, 9.17) is 9.47 Å². The summed E-state index contributed by atoms with van der Waals surface area (Å²) < 4.78 is 10.8. The fourth-order valence-electron chi connectivity index (χ4n) is 4.60. The second kappa shape index (κ2) is 4.66. The normalized spacial score (nSPS) is 24.9. The monoisotopic (exact) mass is 283 g/mol. The van der Waals surface area contributed by atoms with Crippen LogP contribution in [0.15, 0.2) is 18.2 Å². The van der Waals surface area contributed by atoms with E-state index in [9.17, 15) is 5.26 Å². The Labute approximate surface area is 125 Å². The molecule has 2 saturated carbocycles. The van der Waals surface area contributed by atoms with Crippen LogP contribution in [0, 0.1) is 16.7 Å². The third-order valence-corrected chi connectivity index (χ3v) is 5.66. The minimum Gasteiger partial charge on any atom is -0.454 e. The van der Waals surface area contributed by atoms with E-state index in [0.29, 0.717) is 12.2 Å². The lowest BCUT2D eigenvalue weighted by atomic mass is 9.48. The molecule has 1 aromatic rings. The number of rotatable bonds is 1. The van der Waals surface area contributed by atoms with Crippen molar-refractivity contribution in [1.29, 1.82) is 5.26 Å². The third-order valence-electron chi connectivity index (χ3n) is 5.66. The number of ether oxygens (including phenoxy) is 2. The SMILES string of the molecule is N#CC1(c2ccc3c(c2)OCO3)CC2(CCCCCC2)C1. The van der Waals surface area contributed by atoms with E-state index < -0.39 is 0 Å². The zero-order chi connectivity index (χ0) is 14.3. The molecule has 21 heavy (non-hydrogen) atoms. The molecule has 110 valence electrons. The van der Waals surface area contributed by atoms with Gasteiger partial charge in [-0.05, 0) is 48.8 Å². The van der Waals surface area contributed by atoms with Crippen LogP contribution in [0.1, 0.15) is 56.9 Å². The number of hydrogen-bond donors (Lipinski definition) is 0. The second-order valence-electron chi connectivity index (χ2n) is 7.03. The Hall–Kier alpha value is -1.69. The van der Waals surface area contributed by atoms with Gasteiger partial charge in [0, 0.05) is 0 Å². The number of nitrogens with zero attached hydrogens (tertiary/aromatic N) is 1. The molecule has 0 N–H and O–H groups in total. The van der Waals surface area contributed by atoms with Crippen molar-refractivity contribution >= 4 is 0 Å². The maximum absolute atomic E-state index is 9.80. The van der Waals surface area contributed by atoms with Crippen molar-refractivity contribution in [2.45, 2.75) is 56.8 Å². The molecule has 1 aliphatic heterocycles. The van der Waals surface area contributed by atoms with Crippen LogP contribution in [-0.4, -0.2) is 6.79 Å². The van der Waals surface area contributed by atoms with Crippen LogP contribution in [0.4, 0.5) is 0 Å². The summed E-state index contributed by atoms with van der Waals surface area (Å²) in [6.07, 6.45) is 10.1. The molecule has 3 heteroatoms. The smallest absolute Gasteiger partial charge is 0.231 e. The fourth-order valence-corrected chi connectivity index (χ4v) is 4.60. The molecule has 0 radical (unpaired) electrons. The average molecular weight is 283 g/mol. The lowest BCUT2D eigenvalue weighted by molar-refractivity contribution is 0.0397. The summed E-state index contributed by atoms with van der Waals surface area (Å²) in [4.78, 5) is 0. The topological polar surface area (TPSA) is 42.2 Å². The average Bonchev–Trinajstić information content (AvgIpc) is 2.81. The van der Waals surface area contributed by atoms with Crippen LogP contribution < -0.4 is 9.47 Å². The van der Waals surface area contributed by atoms with E-state index in [1.165, 1.54) is 38.5 Å². The van der Waals surface area contributed by atoms with Crippen LogP contribution in [0.2, 0.25) is 0 Å². The van der Waals surface area contributed by atoms with Crippen molar-refractivity contribution in [2.24, 2.45) is 5.41 Å². The molecule has 0 amide bonds. The molecular formula is C18H21NO2. The first-order valence-electron chi connectivity index (χ1n) is 8.07. The van der Waals surface area contributed by atoms with Gasteiger partial charge >= 0.3 is 0 Å². The molecule has 0 aromatic heterocycles. The zero-order valence-electron chi connectivity index (χ0n) is 12.4. The molecule has 3 aliphatic rings. The van der Waals surface area contributed by atoms with Gasteiger partial charge in [0.25, 0.3) is 0 Å². The standard InChI is InChI=1S/C18H21NO2/c19-12-18(10-17(11-18)7-3-1-2-4-8-17)14-5-6-15-16(9-14)21-13-20-15/h5-6,9H,1-4,7-8,10-11,13H2. The first-order valence-corrected chi connectivity index (χ1v) is 8.07.